The first-order valence-corrected chi connectivity index (χ1v) is 11.1. The third-order valence-electron chi connectivity index (χ3n) is 5.27. The molecule has 0 spiro atoms. The van der Waals surface area contributed by atoms with Gasteiger partial charge in [-0.1, -0.05) is 33.6 Å². The molecule has 7 heteroatoms. The maximum Gasteiger partial charge on any atom is 0.224 e. The zero-order chi connectivity index (χ0) is 20.2. The highest BCUT2D eigenvalue weighted by molar-refractivity contribution is 9.10. The van der Waals surface area contributed by atoms with Crippen molar-refractivity contribution < 1.29 is 14.3 Å². The van der Waals surface area contributed by atoms with Crippen molar-refractivity contribution in [3.63, 3.8) is 0 Å². The van der Waals surface area contributed by atoms with Gasteiger partial charge in [0.15, 0.2) is 11.5 Å². The summed E-state index contributed by atoms with van der Waals surface area (Å²) in [6.07, 6.45) is 2.17. The lowest BCUT2D eigenvalue weighted by Crippen LogP contribution is -2.32. The van der Waals surface area contributed by atoms with Crippen molar-refractivity contribution in [3.8, 4) is 11.5 Å². The molecule has 0 aliphatic carbocycles. The van der Waals surface area contributed by atoms with Gasteiger partial charge in [-0.25, -0.2) is 0 Å². The van der Waals surface area contributed by atoms with E-state index in [9.17, 15) is 4.79 Å². The molecule has 1 N–H and O–H groups in total. The van der Waals surface area contributed by atoms with Gasteiger partial charge in [-0.15, -0.1) is 0 Å². The summed E-state index contributed by atoms with van der Waals surface area (Å²) < 4.78 is 12.4. The number of anilines is 1. The van der Waals surface area contributed by atoms with Crippen molar-refractivity contribution in [2.45, 2.75) is 19.3 Å². The van der Waals surface area contributed by atoms with Crippen molar-refractivity contribution in [2.75, 3.05) is 37.7 Å². The summed E-state index contributed by atoms with van der Waals surface area (Å²) in [5.74, 6) is 1.65. The van der Waals surface area contributed by atoms with E-state index in [1.54, 1.807) is 6.07 Å². The second kappa shape index (κ2) is 9.26. The normalized spacial score (nSPS) is 18.4. The number of nitrogens with one attached hydrogen (secondary N) is 1. The fourth-order valence-corrected chi connectivity index (χ4v) is 4.47. The molecule has 1 unspecified atom stereocenters. The van der Waals surface area contributed by atoms with Crippen LogP contribution < -0.4 is 19.7 Å². The average molecular weight is 480 g/mol. The summed E-state index contributed by atoms with van der Waals surface area (Å²) in [7, 11) is 0. The van der Waals surface area contributed by atoms with Crippen LogP contribution >= 0.6 is 27.5 Å². The molecule has 2 heterocycles. The lowest BCUT2D eigenvalue weighted by molar-refractivity contribution is -0.120. The van der Waals surface area contributed by atoms with Crippen LogP contribution in [0.5, 0.6) is 11.5 Å². The Morgan fingerprint density at radius 2 is 2.10 bits per heavy atom. The maximum absolute atomic E-state index is 12.5. The number of halogens is 2. The standard InChI is InChI=1S/C22H24BrClN2O3/c23-17-3-1-4-18(12-17)26-6-5-15(14-26)13-25-21(27)11-16-9-19(24)22-20(10-16)28-7-2-8-29-22/h1,3-4,9-10,12,15H,2,5-8,11,13-14H2,(H,25,27). The monoisotopic (exact) mass is 478 g/mol. The molecular formula is C22H24BrClN2O3. The van der Waals surface area contributed by atoms with E-state index in [1.165, 1.54) is 5.69 Å². The summed E-state index contributed by atoms with van der Waals surface area (Å²) in [4.78, 5) is 14.8. The Balaban J connectivity index is 1.30. The zero-order valence-electron chi connectivity index (χ0n) is 16.1. The van der Waals surface area contributed by atoms with Crippen molar-refractivity contribution in [1.82, 2.24) is 5.32 Å². The predicted molar refractivity (Wildman–Crippen MR) is 118 cm³/mol. The van der Waals surface area contributed by atoms with E-state index in [4.69, 9.17) is 21.1 Å². The first kappa shape index (κ1) is 20.4. The van der Waals surface area contributed by atoms with Crippen LogP contribution in [0.4, 0.5) is 5.69 Å². The SMILES string of the molecule is O=C(Cc1cc(Cl)c2c(c1)OCCCO2)NCC1CCN(c2cccc(Br)c2)C1. The molecule has 1 atom stereocenters. The molecule has 29 heavy (non-hydrogen) atoms. The molecule has 0 saturated carbocycles. The molecule has 154 valence electrons. The molecule has 1 saturated heterocycles. The smallest absolute Gasteiger partial charge is 0.224 e. The van der Waals surface area contributed by atoms with Crippen molar-refractivity contribution in [2.24, 2.45) is 5.92 Å². The van der Waals surface area contributed by atoms with E-state index in [1.807, 2.05) is 12.1 Å². The first-order valence-electron chi connectivity index (χ1n) is 9.94. The van der Waals surface area contributed by atoms with Crippen LogP contribution in [0.3, 0.4) is 0 Å². The Labute approximate surface area is 184 Å². The van der Waals surface area contributed by atoms with Gasteiger partial charge in [-0.2, -0.15) is 0 Å². The summed E-state index contributed by atoms with van der Waals surface area (Å²) >= 11 is 9.85. The van der Waals surface area contributed by atoms with E-state index in [2.05, 4.69) is 44.3 Å². The quantitative estimate of drug-likeness (QED) is 0.688. The molecule has 0 radical (unpaired) electrons. The third kappa shape index (κ3) is 5.17. The minimum Gasteiger partial charge on any atom is -0.489 e. The number of rotatable bonds is 5. The van der Waals surface area contributed by atoms with E-state index in [0.717, 1.165) is 36.0 Å². The van der Waals surface area contributed by atoms with Gasteiger partial charge < -0.3 is 19.7 Å². The van der Waals surface area contributed by atoms with Crippen molar-refractivity contribution in [3.05, 3.63) is 51.5 Å². The lowest BCUT2D eigenvalue weighted by Gasteiger charge is -2.19. The van der Waals surface area contributed by atoms with Gasteiger partial charge in [0, 0.05) is 36.2 Å². The molecule has 1 amide bonds. The molecular weight excluding hydrogens is 456 g/mol. The minimum absolute atomic E-state index is 0.00328. The largest absolute Gasteiger partial charge is 0.489 e. The van der Waals surface area contributed by atoms with Gasteiger partial charge in [0.2, 0.25) is 5.91 Å². The number of hydrogen-bond donors (Lipinski definition) is 1. The molecule has 2 aliphatic rings. The summed E-state index contributed by atoms with van der Waals surface area (Å²) in [5, 5.41) is 3.57. The molecule has 1 fully saturated rings. The Bertz CT molecular complexity index is 892. The third-order valence-corrected chi connectivity index (χ3v) is 6.05. The van der Waals surface area contributed by atoms with Gasteiger partial charge in [0.05, 0.1) is 24.7 Å². The van der Waals surface area contributed by atoms with Gasteiger partial charge in [0.1, 0.15) is 0 Å². The zero-order valence-corrected chi connectivity index (χ0v) is 18.5. The number of carbonyl (C=O) groups is 1. The van der Waals surface area contributed by atoms with Crippen LogP contribution in [-0.2, 0) is 11.2 Å². The molecule has 0 aromatic heterocycles. The Hall–Kier alpha value is -1.92. The molecule has 4 rings (SSSR count). The van der Waals surface area contributed by atoms with E-state index in [0.29, 0.717) is 42.2 Å². The van der Waals surface area contributed by atoms with Gasteiger partial charge in [0.25, 0.3) is 0 Å². The summed E-state index contributed by atoms with van der Waals surface area (Å²) in [6.45, 7) is 3.82. The maximum atomic E-state index is 12.5. The molecule has 5 nitrogen and oxygen atoms in total. The van der Waals surface area contributed by atoms with Gasteiger partial charge in [-0.3, -0.25) is 4.79 Å². The molecule has 2 aliphatic heterocycles. The van der Waals surface area contributed by atoms with Crippen LogP contribution in [0.2, 0.25) is 5.02 Å². The summed E-state index contributed by atoms with van der Waals surface area (Å²) in [5.41, 5.74) is 2.05. The number of fused-ring (bicyclic) bond motifs is 1. The van der Waals surface area contributed by atoms with Crippen LogP contribution in [0, 0.1) is 5.92 Å². The first-order chi connectivity index (χ1) is 14.1. The number of ether oxygens (including phenoxy) is 2. The Morgan fingerprint density at radius 3 is 2.97 bits per heavy atom. The second-order valence-electron chi connectivity index (χ2n) is 7.52. The highest BCUT2D eigenvalue weighted by Gasteiger charge is 2.23. The van der Waals surface area contributed by atoms with E-state index >= 15 is 0 Å². The van der Waals surface area contributed by atoms with Crippen LogP contribution in [-0.4, -0.2) is 38.8 Å². The Kier molecular flexibility index (Phi) is 6.50. The fraction of sp³-hybridized carbons (Fsp3) is 0.409. The van der Waals surface area contributed by atoms with Gasteiger partial charge in [-0.05, 0) is 48.2 Å². The molecule has 0 bridgehead atoms. The van der Waals surface area contributed by atoms with Gasteiger partial charge >= 0.3 is 0 Å². The Morgan fingerprint density at radius 1 is 1.24 bits per heavy atom. The fourth-order valence-electron chi connectivity index (χ4n) is 3.80. The highest BCUT2D eigenvalue weighted by Crippen LogP contribution is 2.38. The van der Waals surface area contributed by atoms with Crippen LogP contribution in [0.15, 0.2) is 40.9 Å². The number of carbonyl (C=O) groups excluding carboxylic acids is 1. The van der Waals surface area contributed by atoms with E-state index < -0.39 is 0 Å². The van der Waals surface area contributed by atoms with Crippen LogP contribution in [0.25, 0.3) is 0 Å². The van der Waals surface area contributed by atoms with E-state index in [-0.39, 0.29) is 12.3 Å². The lowest BCUT2D eigenvalue weighted by atomic mass is 10.1. The second-order valence-corrected chi connectivity index (χ2v) is 8.84. The topological polar surface area (TPSA) is 50.8 Å². The number of benzene rings is 2. The molecule has 2 aromatic rings. The van der Waals surface area contributed by atoms with Crippen LogP contribution in [0.1, 0.15) is 18.4 Å². The number of amides is 1. The minimum atomic E-state index is -0.00328. The molecule has 2 aromatic carbocycles. The summed E-state index contributed by atoms with van der Waals surface area (Å²) in [6, 6.07) is 12.0. The predicted octanol–water partition coefficient (Wildman–Crippen LogP) is 4.45. The van der Waals surface area contributed by atoms with Crippen molar-refractivity contribution >= 4 is 39.1 Å². The average Bonchev–Trinajstić information content (AvgIpc) is 3.04. The van der Waals surface area contributed by atoms with Crippen molar-refractivity contribution in [1.29, 1.82) is 0 Å². The number of nitrogens with zero attached hydrogens (tertiary/aromatic N) is 1. The number of hydrogen-bond acceptors (Lipinski definition) is 4. The highest BCUT2D eigenvalue weighted by atomic mass is 79.9.